The lowest BCUT2D eigenvalue weighted by atomic mass is 10.1. The van der Waals surface area contributed by atoms with Crippen LogP contribution in [-0.2, 0) is 20.6 Å². The van der Waals surface area contributed by atoms with Gasteiger partial charge in [-0.1, -0.05) is 0 Å². The van der Waals surface area contributed by atoms with Crippen LogP contribution in [-0.4, -0.2) is 31.1 Å². The molecule has 2 fully saturated rings. The third kappa shape index (κ3) is 3.93. The number of aryl methyl sites for hydroxylation is 1. The molecule has 0 spiro atoms. The van der Waals surface area contributed by atoms with Crippen molar-refractivity contribution < 1.29 is 23.2 Å². The average molecular weight is 419 g/mol. The third-order valence-corrected chi connectivity index (χ3v) is 9.11. The van der Waals surface area contributed by atoms with Crippen molar-refractivity contribution in [1.29, 1.82) is 5.26 Å². The predicted octanol–water partition coefficient (Wildman–Crippen LogP) is 2.87. The molecule has 2 aromatic heterocycles. The normalized spacial score (nSPS) is 21.4. The molecule has 1 aromatic carbocycles. The maximum atomic E-state index is 13.1. The zero-order valence-corrected chi connectivity index (χ0v) is 17.3. The van der Waals surface area contributed by atoms with Crippen molar-refractivity contribution in [1.82, 2.24) is 0 Å². The Morgan fingerprint density at radius 3 is 1.93 bits per heavy atom. The fourth-order valence-electron chi connectivity index (χ4n) is 3.63. The standard InChI is InChI=1S/C23H22N3O3P/c24-15-18-1-3-21(4-2-18)26-11-7-20(8-12-26)19-5-9-25(10-6-19)13-14-30(27,22-16-28-22)23-17-29-23/h1-12,22-23H,13-14,16-17H2/q+2. The molecule has 2 aliphatic heterocycles. The van der Waals surface area contributed by atoms with Crippen molar-refractivity contribution in [2.45, 2.75) is 18.2 Å². The highest BCUT2D eigenvalue weighted by atomic mass is 31.2. The molecule has 0 amide bonds. The van der Waals surface area contributed by atoms with Crippen molar-refractivity contribution in [3.8, 4) is 22.9 Å². The van der Waals surface area contributed by atoms with Crippen molar-refractivity contribution in [2.24, 2.45) is 0 Å². The van der Waals surface area contributed by atoms with Crippen LogP contribution in [0.5, 0.6) is 0 Å². The van der Waals surface area contributed by atoms with Gasteiger partial charge in [0.05, 0.1) is 31.0 Å². The van der Waals surface area contributed by atoms with E-state index in [4.69, 9.17) is 14.7 Å². The minimum Gasteiger partial charge on any atom is -0.365 e. The summed E-state index contributed by atoms with van der Waals surface area (Å²) in [5.74, 6) is -0.172. The number of epoxide rings is 2. The molecule has 30 heavy (non-hydrogen) atoms. The quantitative estimate of drug-likeness (QED) is 0.335. The summed E-state index contributed by atoms with van der Waals surface area (Å²) < 4.78 is 27.8. The van der Waals surface area contributed by atoms with Crippen LogP contribution in [0.2, 0.25) is 0 Å². The minimum atomic E-state index is -2.40. The zero-order chi connectivity index (χ0) is 20.6. The molecule has 7 heteroatoms. The maximum absolute atomic E-state index is 13.1. The van der Waals surface area contributed by atoms with Gasteiger partial charge in [0.25, 0.3) is 0 Å². The second kappa shape index (κ2) is 7.77. The van der Waals surface area contributed by atoms with Gasteiger partial charge in [0, 0.05) is 36.4 Å². The first-order valence-corrected chi connectivity index (χ1v) is 12.0. The van der Waals surface area contributed by atoms with Gasteiger partial charge in [0.15, 0.2) is 38.5 Å². The molecule has 6 nitrogen and oxygen atoms in total. The first-order chi connectivity index (χ1) is 14.7. The smallest absolute Gasteiger partial charge is 0.210 e. The molecule has 2 unspecified atom stereocenters. The molecular weight excluding hydrogens is 397 g/mol. The van der Waals surface area contributed by atoms with Crippen molar-refractivity contribution in [2.75, 3.05) is 19.4 Å². The molecule has 4 heterocycles. The Morgan fingerprint density at radius 2 is 1.43 bits per heavy atom. The van der Waals surface area contributed by atoms with E-state index >= 15 is 0 Å². The number of aromatic nitrogens is 2. The van der Waals surface area contributed by atoms with E-state index in [1.165, 1.54) is 0 Å². The van der Waals surface area contributed by atoms with Gasteiger partial charge in [-0.05, 0) is 23.3 Å². The molecular formula is C23H22N3O3P+2. The lowest BCUT2D eigenvalue weighted by Crippen LogP contribution is -2.35. The van der Waals surface area contributed by atoms with Crippen LogP contribution in [0.25, 0.3) is 16.8 Å². The van der Waals surface area contributed by atoms with Crippen LogP contribution in [0, 0.1) is 11.3 Å². The Hall–Kier alpha value is -2.84. The summed E-state index contributed by atoms with van der Waals surface area (Å²) >= 11 is 0. The lowest BCUT2D eigenvalue weighted by Gasteiger charge is -2.11. The Kier molecular flexibility index (Phi) is 4.96. The van der Waals surface area contributed by atoms with Crippen molar-refractivity contribution in [3.05, 3.63) is 78.9 Å². The SMILES string of the molecule is N#Cc1ccc(-[n+]2ccc(-c3cc[n+](CCP(=O)(C4CO4)C4CO4)cc3)cc2)cc1. The summed E-state index contributed by atoms with van der Waals surface area (Å²) in [6.45, 7) is 1.92. The van der Waals surface area contributed by atoms with Crippen molar-refractivity contribution >= 4 is 7.14 Å². The lowest BCUT2D eigenvalue weighted by molar-refractivity contribution is -0.692. The molecule has 0 N–H and O–H groups in total. The minimum absolute atomic E-state index is 0.0861. The summed E-state index contributed by atoms with van der Waals surface area (Å²) in [5, 5.41) is 8.92. The number of pyridine rings is 2. The van der Waals surface area contributed by atoms with Crippen LogP contribution in [0.15, 0.2) is 73.3 Å². The Labute approximate surface area is 175 Å². The number of nitrogens with zero attached hydrogens (tertiary/aromatic N) is 3. The van der Waals surface area contributed by atoms with Crippen LogP contribution in [0.1, 0.15) is 5.56 Å². The van der Waals surface area contributed by atoms with Gasteiger partial charge in [-0.3, -0.25) is 0 Å². The van der Waals surface area contributed by atoms with E-state index in [1.54, 1.807) is 0 Å². The first kappa shape index (κ1) is 19.1. The molecule has 0 bridgehead atoms. The van der Waals surface area contributed by atoms with Crippen LogP contribution in [0.3, 0.4) is 0 Å². The topological polar surface area (TPSA) is 73.7 Å². The molecule has 2 saturated heterocycles. The first-order valence-electron chi connectivity index (χ1n) is 9.99. The highest BCUT2D eigenvalue weighted by molar-refractivity contribution is 7.65. The Balaban J connectivity index is 1.26. The number of ether oxygens (including phenoxy) is 2. The molecule has 3 aromatic rings. The van der Waals surface area contributed by atoms with E-state index in [-0.39, 0.29) is 11.7 Å². The summed E-state index contributed by atoms with van der Waals surface area (Å²) in [5.41, 5.74) is 3.90. The van der Waals surface area contributed by atoms with Crippen LogP contribution >= 0.6 is 7.14 Å². The number of hydrogen-bond acceptors (Lipinski definition) is 4. The maximum Gasteiger partial charge on any atom is 0.210 e. The molecule has 0 radical (unpaired) electrons. The van der Waals surface area contributed by atoms with Gasteiger partial charge in [0.1, 0.15) is 11.7 Å². The summed E-state index contributed by atoms with van der Waals surface area (Å²) in [6, 6.07) is 17.9. The van der Waals surface area contributed by atoms with Gasteiger partial charge < -0.3 is 14.0 Å². The van der Waals surface area contributed by atoms with Gasteiger partial charge >= 0.3 is 0 Å². The molecule has 0 aliphatic carbocycles. The van der Waals surface area contributed by atoms with E-state index in [2.05, 4.69) is 34.9 Å². The van der Waals surface area contributed by atoms with E-state index in [0.29, 0.717) is 31.5 Å². The Bertz CT molecular complexity index is 1110. The molecule has 5 rings (SSSR count). The molecule has 2 atom stereocenters. The van der Waals surface area contributed by atoms with Gasteiger partial charge in [-0.25, -0.2) is 4.57 Å². The summed E-state index contributed by atoms with van der Waals surface area (Å²) in [6.07, 6.45) is 8.70. The van der Waals surface area contributed by atoms with E-state index in [0.717, 1.165) is 16.8 Å². The highest BCUT2D eigenvalue weighted by Gasteiger charge is 2.54. The van der Waals surface area contributed by atoms with Crippen molar-refractivity contribution in [3.63, 3.8) is 0 Å². The van der Waals surface area contributed by atoms with Gasteiger partial charge in [-0.15, -0.1) is 0 Å². The molecule has 0 saturated carbocycles. The second-order valence-electron chi connectivity index (χ2n) is 7.63. The number of benzene rings is 1. The number of nitriles is 1. The zero-order valence-electron chi connectivity index (χ0n) is 16.4. The third-order valence-electron chi connectivity index (χ3n) is 5.66. The van der Waals surface area contributed by atoms with Crippen LogP contribution in [0.4, 0.5) is 0 Å². The second-order valence-corrected chi connectivity index (χ2v) is 10.9. The average Bonchev–Trinajstić information content (AvgIpc) is 3.70. The monoisotopic (exact) mass is 419 g/mol. The van der Waals surface area contributed by atoms with Crippen LogP contribution < -0.4 is 9.13 Å². The Morgan fingerprint density at radius 1 is 0.900 bits per heavy atom. The van der Waals surface area contributed by atoms with E-state index < -0.39 is 7.14 Å². The largest absolute Gasteiger partial charge is 0.365 e. The fourth-order valence-corrected chi connectivity index (χ4v) is 6.31. The van der Waals surface area contributed by atoms with E-state index in [9.17, 15) is 4.57 Å². The summed E-state index contributed by atoms with van der Waals surface area (Å²) in [4.78, 5) is 0. The van der Waals surface area contributed by atoms with Gasteiger partial charge in [0.2, 0.25) is 5.69 Å². The fraction of sp³-hybridized carbons (Fsp3) is 0.261. The highest BCUT2D eigenvalue weighted by Crippen LogP contribution is 2.64. The summed E-state index contributed by atoms with van der Waals surface area (Å²) in [7, 11) is -2.40. The van der Waals surface area contributed by atoms with Gasteiger partial charge in [-0.2, -0.15) is 9.83 Å². The molecule has 150 valence electrons. The number of rotatable bonds is 7. The predicted molar refractivity (Wildman–Crippen MR) is 110 cm³/mol. The van der Waals surface area contributed by atoms with E-state index in [1.807, 2.05) is 53.6 Å². The molecule has 2 aliphatic rings. The number of hydrogen-bond donors (Lipinski definition) is 0.